The van der Waals surface area contributed by atoms with Gasteiger partial charge in [0.2, 0.25) is 5.91 Å². The van der Waals surface area contributed by atoms with Crippen LogP contribution in [0.5, 0.6) is 0 Å². The number of nitrogens with zero attached hydrogens (tertiary/aromatic N) is 1. The van der Waals surface area contributed by atoms with Crippen molar-refractivity contribution >= 4 is 24.0 Å². The molecule has 1 fully saturated rings. The molecule has 0 aromatic heterocycles. The second-order valence-electron chi connectivity index (χ2n) is 5.12. The average molecular weight is 338 g/mol. The van der Waals surface area contributed by atoms with Gasteiger partial charge in [0.05, 0.1) is 17.8 Å². The first-order valence-electron chi connectivity index (χ1n) is 6.79. The maximum Gasteiger partial charge on any atom is 0.418 e. The first-order chi connectivity index (χ1) is 9.88. The molecule has 1 atom stereocenters. The highest BCUT2D eigenvalue weighted by molar-refractivity contribution is 5.93. The predicted molar refractivity (Wildman–Crippen MR) is 81.2 cm³/mol. The van der Waals surface area contributed by atoms with E-state index in [2.05, 4.69) is 10.6 Å². The van der Waals surface area contributed by atoms with E-state index in [0.717, 1.165) is 19.2 Å². The molecule has 0 radical (unpaired) electrons. The van der Waals surface area contributed by atoms with Crippen LogP contribution in [0.25, 0.3) is 0 Å². The van der Waals surface area contributed by atoms with Gasteiger partial charge in [-0.15, -0.1) is 12.4 Å². The number of halogens is 4. The van der Waals surface area contributed by atoms with E-state index in [0.29, 0.717) is 6.54 Å². The van der Waals surface area contributed by atoms with Crippen molar-refractivity contribution < 1.29 is 18.0 Å². The maximum atomic E-state index is 12.8. The molecular formula is C14H19ClF3N3O. The van der Waals surface area contributed by atoms with Gasteiger partial charge in [-0.05, 0) is 19.1 Å². The highest BCUT2D eigenvalue weighted by Gasteiger charge is 2.33. The molecule has 1 heterocycles. The molecule has 2 rings (SSSR count). The van der Waals surface area contributed by atoms with Crippen molar-refractivity contribution in [2.45, 2.75) is 19.1 Å². The van der Waals surface area contributed by atoms with Gasteiger partial charge in [0, 0.05) is 25.7 Å². The molecule has 1 aromatic carbocycles. The Balaban J connectivity index is 0.00000242. The number of nitrogens with one attached hydrogen (secondary N) is 2. The van der Waals surface area contributed by atoms with Crippen molar-refractivity contribution in [2.24, 2.45) is 0 Å². The molecule has 0 saturated carbocycles. The van der Waals surface area contributed by atoms with Crippen LogP contribution in [0.15, 0.2) is 24.3 Å². The Labute approximate surface area is 133 Å². The standard InChI is InChI=1S/C14H18F3N3O.ClH/c1-10-8-18-6-7-20(10)9-13(21)19-12-5-3-2-4-11(12)14(15,16)17;/h2-5,10,18H,6-9H2,1H3,(H,19,21);1H/t10-;/m0./s1. The Morgan fingerprint density at radius 2 is 2.09 bits per heavy atom. The smallest absolute Gasteiger partial charge is 0.324 e. The number of amides is 1. The third kappa shape index (κ3) is 4.86. The van der Waals surface area contributed by atoms with Gasteiger partial charge in [-0.25, -0.2) is 0 Å². The van der Waals surface area contributed by atoms with Gasteiger partial charge in [-0.2, -0.15) is 13.2 Å². The molecule has 1 aromatic rings. The number of alkyl halides is 3. The zero-order valence-corrected chi connectivity index (χ0v) is 12.9. The molecule has 4 nitrogen and oxygen atoms in total. The summed E-state index contributed by atoms with van der Waals surface area (Å²) in [5.74, 6) is -0.430. The Kier molecular flexibility index (Phi) is 6.65. The molecule has 0 unspecified atom stereocenters. The summed E-state index contributed by atoms with van der Waals surface area (Å²) < 4.78 is 38.5. The number of carbonyl (C=O) groups is 1. The molecule has 0 aliphatic carbocycles. The van der Waals surface area contributed by atoms with Crippen LogP contribution in [0.2, 0.25) is 0 Å². The number of rotatable bonds is 3. The third-order valence-electron chi connectivity index (χ3n) is 3.49. The average Bonchev–Trinajstić information content (AvgIpc) is 2.41. The third-order valence-corrected chi connectivity index (χ3v) is 3.49. The van der Waals surface area contributed by atoms with Crippen LogP contribution in [0.3, 0.4) is 0 Å². The van der Waals surface area contributed by atoms with E-state index in [1.54, 1.807) is 0 Å². The number of hydrogen-bond donors (Lipinski definition) is 2. The van der Waals surface area contributed by atoms with Gasteiger partial charge in [0.25, 0.3) is 0 Å². The minimum atomic E-state index is -4.48. The van der Waals surface area contributed by atoms with Crippen LogP contribution in [0, 0.1) is 0 Å². The van der Waals surface area contributed by atoms with Crippen LogP contribution in [-0.4, -0.2) is 43.0 Å². The Morgan fingerprint density at radius 1 is 1.41 bits per heavy atom. The number of para-hydroxylation sites is 1. The fraction of sp³-hybridized carbons (Fsp3) is 0.500. The minimum absolute atomic E-state index is 0. The highest BCUT2D eigenvalue weighted by Crippen LogP contribution is 2.34. The molecule has 1 amide bonds. The first-order valence-corrected chi connectivity index (χ1v) is 6.79. The molecular weight excluding hydrogens is 319 g/mol. The van der Waals surface area contributed by atoms with Crippen molar-refractivity contribution in [3.8, 4) is 0 Å². The zero-order chi connectivity index (χ0) is 15.5. The van der Waals surface area contributed by atoms with Gasteiger partial charge in [-0.1, -0.05) is 12.1 Å². The molecule has 1 aliphatic rings. The second-order valence-corrected chi connectivity index (χ2v) is 5.12. The topological polar surface area (TPSA) is 44.4 Å². The summed E-state index contributed by atoms with van der Waals surface area (Å²) in [6.07, 6.45) is -4.48. The molecule has 8 heteroatoms. The first kappa shape index (κ1) is 18.7. The summed E-state index contributed by atoms with van der Waals surface area (Å²) in [5, 5.41) is 5.56. The monoisotopic (exact) mass is 337 g/mol. The van der Waals surface area contributed by atoms with Crippen LogP contribution in [0.1, 0.15) is 12.5 Å². The maximum absolute atomic E-state index is 12.8. The molecule has 0 bridgehead atoms. The van der Waals surface area contributed by atoms with Crippen molar-refractivity contribution in [1.29, 1.82) is 0 Å². The number of carbonyl (C=O) groups excluding carboxylic acids is 1. The van der Waals surface area contributed by atoms with Gasteiger partial charge in [-0.3, -0.25) is 9.69 Å². The number of piperazine rings is 1. The van der Waals surface area contributed by atoms with Gasteiger partial charge in [0.1, 0.15) is 0 Å². The Bertz CT molecular complexity index is 510. The van der Waals surface area contributed by atoms with Crippen LogP contribution < -0.4 is 10.6 Å². The van der Waals surface area contributed by atoms with Crippen LogP contribution in [-0.2, 0) is 11.0 Å². The minimum Gasteiger partial charge on any atom is -0.324 e. The summed E-state index contributed by atoms with van der Waals surface area (Å²) in [7, 11) is 0. The number of hydrogen-bond acceptors (Lipinski definition) is 3. The van der Waals surface area contributed by atoms with E-state index < -0.39 is 17.6 Å². The normalized spacial score (nSPS) is 19.4. The molecule has 2 N–H and O–H groups in total. The lowest BCUT2D eigenvalue weighted by atomic mass is 10.1. The van der Waals surface area contributed by atoms with Crippen molar-refractivity contribution in [3.63, 3.8) is 0 Å². The zero-order valence-electron chi connectivity index (χ0n) is 12.1. The highest BCUT2D eigenvalue weighted by atomic mass is 35.5. The summed E-state index contributed by atoms with van der Waals surface area (Å²) in [5.41, 5.74) is -1.02. The van der Waals surface area contributed by atoms with Gasteiger partial charge >= 0.3 is 6.18 Å². The second kappa shape index (κ2) is 7.80. The van der Waals surface area contributed by atoms with E-state index in [-0.39, 0.29) is 30.7 Å². The lowest BCUT2D eigenvalue weighted by Gasteiger charge is -2.33. The molecule has 124 valence electrons. The lowest BCUT2D eigenvalue weighted by molar-refractivity contribution is -0.137. The summed E-state index contributed by atoms with van der Waals surface area (Å²) >= 11 is 0. The lowest BCUT2D eigenvalue weighted by Crippen LogP contribution is -2.52. The summed E-state index contributed by atoms with van der Waals surface area (Å²) in [6.45, 7) is 4.32. The van der Waals surface area contributed by atoms with Crippen molar-refractivity contribution in [3.05, 3.63) is 29.8 Å². The van der Waals surface area contributed by atoms with E-state index in [1.807, 2.05) is 11.8 Å². The van der Waals surface area contributed by atoms with Gasteiger partial charge < -0.3 is 10.6 Å². The fourth-order valence-electron chi connectivity index (χ4n) is 2.33. The Hall–Kier alpha value is -1.31. The molecule has 1 saturated heterocycles. The van der Waals surface area contributed by atoms with Crippen molar-refractivity contribution in [1.82, 2.24) is 10.2 Å². The largest absolute Gasteiger partial charge is 0.418 e. The fourth-order valence-corrected chi connectivity index (χ4v) is 2.33. The SMILES string of the molecule is C[C@H]1CNCCN1CC(=O)Nc1ccccc1C(F)(F)F.Cl. The summed E-state index contributed by atoms with van der Waals surface area (Å²) in [4.78, 5) is 13.9. The van der Waals surface area contributed by atoms with Crippen LogP contribution in [0.4, 0.5) is 18.9 Å². The molecule has 1 aliphatic heterocycles. The van der Waals surface area contributed by atoms with E-state index in [4.69, 9.17) is 0 Å². The van der Waals surface area contributed by atoms with E-state index >= 15 is 0 Å². The predicted octanol–water partition coefficient (Wildman–Crippen LogP) is 2.36. The molecule has 22 heavy (non-hydrogen) atoms. The summed E-state index contributed by atoms with van der Waals surface area (Å²) in [6, 6.07) is 5.18. The number of anilines is 1. The molecule has 0 spiro atoms. The van der Waals surface area contributed by atoms with Crippen LogP contribution >= 0.6 is 12.4 Å². The van der Waals surface area contributed by atoms with Gasteiger partial charge in [0.15, 0.2) is 0 Å². The quantitative estimate of drug-likeness (QED) is 0.890. The van der Waals surface area contributed by atoms with Crippen molar-refractivity contribution in [2.75, 3.05) is 31.5 Å². The van der Waals surface area contributed by atoms with E-state index in [9.17, 15) is 18.0 Å². The van der Waals surface area contributed by atoms with E-state index in [1.165, 1.54) is 18.2 Å². The Morgan fingerprint density at radius 3 is 2.73 bits per heavy atom. The number of benzene rings is 1.